The maximum atomic E-state index is 11.4. The minimum absolute atomic E-state index is 0.0953. The van der Waals surface area contributed by atoms with E-state index in [0.717, 1.165) is 0 Å². The highest BCUT2D eigenvalue weighted by molar-refractivity contribution is 6.07. The van der Waals surface area contributed by atoms with Crippen LogP contribution in [-0.4, -0.2) is 31.2 Å². The summed E-state index contributed by atoms with van der Waals surface area (Å²) in [4.78, 5) is 22.5. The van der Waals surface area contributed by atoms with Crippen LogP contribution in [0.15, 0.2) is 12.1 Å². The molecule has 0 heterocycles. The van der Waals surface area contributed by atoms with Crippen molar-refractivity contribution >= 4 is 17.6 Å². The molecule has 0 saturated heterocycles. The molecule has 1 rings (SSSR count). The van der Waals surface area contributed by atoms with Crippen molar-refractivity contribution in [2.24, 2.45) is 0 Å². The van der Waals surface area contributed by atoms with Gasteiger partial charge in [-0.05, 0) is 12.8 Å². The van der Waals surface area contributed by atoms with Crippen molar-refractivity contribution in [3.8, 4) is 23.3 Å². The van der Waals surface area contributed by atoms with Gasteiger partial charge in [-0.3, -0.25) is 4.79 Å². The summed E-state index contributed by atoms with van der Waals surface area (Å²) in [6, 6.07) is 2.65. The second kappa shape index (κ2) is 6.31. The van der Waals surface area contributed by atoms with Gasteiger partial charge in [0.05, 0.1) is 25.5 Å². The first-order valence-electron chi connectivity index (χ1n) is 5.26. The number of ether oxygens (including phenoxy) is 2. The Morgan fingerprint density at radius 1 is 1.21 bits per heavy atom. The van der Waals surface area contributed by atoms with E-state index >= 15 is 0 Å². The molecule has 0 unspecified atom stereocenters. The minimum Gasteiger partial charge on any atom is -0.493 e. The van der Waals surface area contributed by atoms with E-state index in [2.05, 4.69) is 17.2 Å². The molecule has 0 atom stereocenters. The van der Waals surface area contributed by atoms with E-state index in [1.54, 1.807) is 0 Å². The van der Waals surface area contributed by atoms with Crippen molar-refractivity contribution in [2.45, 2.75) is 6.92 Å². The van der Waals surface area contributed by atoms with Gasteiger partial charge in [-0.1, -0.05) is 5.92 Å². The second-order valence-electron chi connectivity index (χ2n) is 3.39. The van der Waals surface area contributed by atoms with Crippen LogP contribution in [0.2, 0.25) is 0 Å². The number of hydrogen-bond donors (Lipinski definition) is 2. The third kappa shape index (κ3) is 3.39. The molecule has 0 bridgehead atoms. The molecule has 2 N–H and O–H groups in total. The zero-order valence-electron chi connectivity index (χ0n) is 10.7. The van der Waals surface area contributed by atoms with E-state index in [-0.39, 0.29) is 17.0 Å². The molecule has 0 radical (unpaired) electrons. The lowest BCUT2D eigenvalue weighted by Crippen LogP contribution is -2.13. The van der Waals surface area contributed by atoms with Crippen molar-refractivity contribution in [3.63, 3.8) is 0 Å². The fourth-order valence-electron chi connectivity index (χ4n) is 1.43. The molecule has 100 valence electrons. The van der Waals surface area contributed by atoms with Gasteiger partial charge in [0.2, 0.25) is 0 Å². The van der Waals surface area contributed by atoms with Crippen LogP contribution in [0.25, 0.3) is 0 Å². The molecule has 0 aromatic heterocycles. The minimum atomic E-state index is -1.19. The van der Waals surface area contributed by atoms with Crippen molar-refractivity contribution in [2.75, 3.05) is 19.5 Å². The van der Waals surface area contributed by atoms with Gasteiger partial charge in [0.1, 0.15) is 0 Å². The lowest BCUT2D eigenvalue weighted by atomic mass is 10.1. The number of carbonyl (C=O) groups excluding carboxylic acids is 1. The number of anilines is 1. The third-order valence-electron chi connectivity index (χ3n) is 2.24. The Bertz CT molecular complexity index is 568. The molecule has 1 amide bonds. The van der Waals surface area contributed by atoms with Crippen LogP contribution < -0.4 is 14.8 Å². The van der Waals surface area contributed by atoms with Gasteiger partial charge in [-0.25, -0.2) is 4.79 Å². The molecule has 0 fully saturated rings. The number of carboxylic acid groups (broad SMARTS) is 1. The molecule has 6 heteroatoms. The number of aromatic carboxylic acids is 1. The first-order chi connectivity index (χ1) is 9.03. The number of carbonyl (C=O) groups is 2. The fourth-order valence-corrected chi connectivity index (χ4v) is 1.43. The van der Waals surface area contributed by atoms with Crippen LogP contribution in [-0.2, 0) is 4.79 Å². The largest absolute Gasteiger partial charge is 0.493 e. The molecule has 0 saturated carbocycles. The highest BCUT2D eigenvalue weighted by Crippen LogP contribution is 2.33. The zero-order valence-corrected chi connectivity index (χ0v) is 10.7. The summed E-state index contributed by atoms with van der Waals surface area (Å²) < 4.78 is 10.1. The highest BCUT2D eigenvalue weighted by Gasteiger charge is 2.17. The Morgan fingerprint density at radius 3 is 2.26 bits per heavy atom. The van der Waals surface area contributed by atoms with E-state index in [4.69, 9.17) is 14.6 Å². The number of benzene rings is 1. The number of hydrogen-bond acceptors (Lipinski definition) is 4. The molecular weight excluding hydrogens is 250 g/mol. The van der Waals surface area contributed by atoms with Crippen molar-refractivity contribution in [1.82, 2.24) is 0 Å². The molecule has 0 aliphatic rings. The number of carboxylic acids is 1. The predicted octanol–water partition coefficient (Wildman–Crippen LogP) is 1.36. The Hall–Kier alpha value is -2.68. The number of rotatable bonds is 4. The van der Waals surface area contributed by atoms with Crippen LogP contribution in [0, 0.1) is 11.8 Å². The number of amides is 1. The number of methoxy groups -OCH3 is 2. The summed E-state index contributed by atoms with van der Waals surface area (Å²) in [5.41, 5.74) is -0.0122. The van der Waals surface area contributed by atoms with Gasteiger partial charge in [0, 0.05) is 12.1 Å². The molecule has 0 aliphatic carbocycles. The van der Waals surface area contributed by atoms with Crippen LogP contribution in [0.5, 0.6) is 11.5 Å². The first-order valence-corrected chi connectivity index (χ1v) is 5.26. The maximum absolute atomic E-state index is 11.4. The van der Waals surface area contributed by atoms with Gasteiger partial charge in [-0.15, -0.1) is 0 Å². The summed E-state index contributed by atoms with van der Waals surface area (Å²) >= 11 is 0. The van der Waals surface area contributed by atoms with Gasteiger partial charge < -0.3 is 19.9 Å². The molecule has 1 aromatic rings. The molecule has 1 aromatic carbocycles. The lowest BCUT2D eigenvalue weighted by Gasteiger charge is -2.12. The van der Waals surface area contributed by atoms with E-state index < -0.39 is 11.9 Å². The van der Waals surface area contributed by atoms with E-state index in [1.165, 1.54) is 33.3 Å². The average molecular weight is 263 g/mol. The van der Waals surface area contributed by atoms with Crippen LogP contribution >= 0.6 is 0 Å². The fraction of sp³-hybridized carbons (Fsp3) is 0.231. The Morgan fingerprint density at radius 2 is 1.79 bits per heavy atom. The number of nitrogens with one attached hydrogen (secondary N) is 1. The summed E-state index contributed by atoms with van der Waals surface area (Å²) in [5, 5.41) is 11.5. The van der Waals surface area contributed by atoms with Crippen molar-refractivity contribution in [1.29, 1.82) is 0 Å². The summed E-state index contributed by atoms with van der Waals surface area (Å²) in [6.45, 7) is 1.51. The van der Waals surface area contributed by atoms with Gasteiger partial charge in [0.15, 0.2) is 11.5 Å². The maximum Gasteiger partial charge on any atom is 0.337 e. The Kier molecular flexibility index (Phi) is 4.77. The zero-order chi connectivity index (χ0) is 14.4. The van der Waals surface area contributed by atoms with Gasteiger partial charge in [0.25, 0.3) is 5.91 Å². The summed E-state index contributed by atoms with van der Waals surface area (Å²) in [6.07, 6.45) is 0. The molecule has 0 aliphatic heterocycles. The molecule has 6 nitrogen and oxygen atoms in total. The highest BCUT2D eigenvalue weighted by atomic mass is 16.5. The first kappa shape index (κ1) is 14.4. The van der Waals surface area contributed by atoms with Crippen molar-refractivity contribution in [3.05, 3.63) is 17.7 Å². The second-order valence-corrected chi connectivity index (χ2v) is 3.39. The van der Waals surface area contributed by atoms with E-state index in [0.29, 0.717) is 5.75 Å². The molecule has 0 spiro atoms. The summed E-state index contributed by atoms with van der Waals surface area (Å²) in [7, 11) is 2.81. The van der Waals surface area contributed by atoms with Crippen LogP contribution in [0.3, 0.4) is 0 Å². The lowest BCUT2D eigenvalue weighted by molar-refractivity contribution is -0.111. The standard InChI is InChI=1S/C13H13NO5/c1-4-5-12(15)14-9-7-11(19-3)10(18-2)6-8(9)13(16)17/h6-7H,1-3H3,(H,14,15)(H,16,17). The third-order valence-corrected chi connectivity index (χ3v) is 2.24. The Balaban J connectivity index is 3.29. The predicted molar refractivity (Wildman–Crippen MR) is 68.6 cm³/mol. The summed E-state index contributed by atoms with van der Waals surface area (Å²) in [5.74, 6) is 3.47. The SMILES string of the molecule is CC#CC(=O)Nc1cc(OC)c(OC)cc1C(=O)O. The van der Waals surface area contributed by atoms with Crippen molar-refractivity contribution < 1.29 is 24.2 Å². The normalized spacial score (nSPS) is 9.00. The average Bonchev–Trinajstić information content (AvgIpc) is 2.38. The van der Waals surface area contributed by atoms with Gasteiger partial charge in [-0.2, -0.15) is 0 Å². The van der Waals surface area contributed by atoms with Crippen LogP contribution in [0.4, 0.5) is 5.69 Å². The molecule has 19 heavy (non-hydrogen) atoms. The topological polar surface area (TPSA) is 84.9 Å². The smallest absolute Gasteiger partial charge is 0.337 e. The van der Waals surface area contributed by atoms with E-state index in [1.807, 2.05) is 0 Å². The molecular formula is C13H13NO5. The Labute approximate surface area is 110 Å². The van der Waals surface area contributed by atoms with Crippen LogP contribution in [0.1, 0.15) is 17.3 Å². The quantitative estimate of drug-likeness (QED) is 0.801. The monoisotopic (exact) mass is 263 g/mol. The van der Waals surface area contributed by atoms with Gasteiger partial charge >= 0.3 is 5.97 Å². The van der Waals surface area contributed by atoms with E-state index in [9.17, 15) is 9.59 Å².